The van der Waals surface area contributed by atoms with Gasteiger partial charge in [0, 0.05) is 13.1 Å². The molecule has 2 N–H and O–H groups in total. The molecule has 0 aromatic heterocycles. The summed E-state index contributed by atoms with van der Waals surface area (Å²) in [4.78, 5) is 0. The van der Waals surface area contributed by atoms with Crippen molar-refractivity contribution in [1.29, 1.82) is 0 Å². The third kappa shape index (κ3) is 6.24. The number of aliphatic hydroxyl groups is 1. The van der Waals surface area contributed by atoms with E-state index in [2.05, 4.69) is 25.2 Å². The van der Waals surface area contributed by atoms with Crippen LogP contribution in [0.3, 0.4) is 0 Å². The molecule has 5 nitrogen and oxygen atoms in total. The third-order valence-electron chi connectivity index (χ3n) is 3.96. The summed E-state index contributed by atoms with van der Waals surface area (Å²) < 4.78 is 16.7. The Morgan fingerprint density at radius 1 is 0.923 bits per heavy atom. The molecule has 0 radical (unpaired) electrons. The van der Waals surface area contributed by atoms with Crippen molar-refractivity contribution in [3.8, 4) is 17.2 Å². The van der Waals surface area contributed by atoms with Gasteiger partial charge in [-0.05, 0) is 29.7 Å². The number of benzene rings is 2. The summed E-state index contributed by atoms with van der Waals surface area (Å²) in [6.45, 7) is 6.06. The summed E-state index contributed by atoms with van der Waals surface area (Å²) in [7, 11) is 1.62. The molecular weight excluding hydrogens is 330 g/mol. The van der Waals surface area contributed by atoms with Crippen LogP contribution in [0.2, 0.25) is 0 Å². The molecule has 0 spiro atoms. The number of para-hydroxylation sites is 3. The number of rotatable bonds is 11. The minimum Gasteiger partial charge on any atom is -0.493 e. The molecule has 2 aromatic rings. The Morgan fingerprint density at radius 2 is 1.58 bits per heavy atom. The van der Waals surface area contributed by atoms with Gasteiger partial charge in [-0.1, -0.05) is 44.2 Å². The number of hydrogen-bond acceptors (Lipinski definition) is 5. The molecule has 2 rings (SSSR count). The summed E-state index contributed by atoms with van der Waals surface area (Å²) >= 11 is 0. The van der Waals surface area contributed by atoms with Crippen molar-refractivity contribution in [2.45, 2.75) is 25.9 Å². The number of ether oxygens (including phenoxy) is 3. The highest BCUT2D eigenvalue weighted by Crippen LogP contribution is 2.26. The van der Waals surface area contributed by atoms with Crippen LogP contribution in [-0.2, 0) is 0 Å². The van der Waals surface area contributed by atoms with Crippen LogP contribution in [0.4, 0.5) is 0 Å². The second kappa shape index (κ2) is 10.7. The lowest BCUT2D eigenvalue weighted by Gasteiger charge is -2.17. The van der Waals surface area contributed by atoms with Gasteiger partial charge in [0.1, 0.15) is 25.1 Å². The minimum absolute atomic E-state index is 0.254. The molecule has 0 bridgehead atoms. The van der Waals surface area contributed by atoms with Gasteiger partial charge in [0.2, 0.25) is 0 Å². The van der Waals surface area contributed by atoms with E-state index in [0.29, 0.717) is 37.1 Å². The minimum atomic E-state index is -0.582. The Hall–Kier alpha value is -2.24. The monoisotopic (exact) mass is 359 g/mol. The molecule has 0 amide bonds. The smallest absolute Gasteiger partial charge is 0.161 e. The molecule has 0 aliphatic heterocycles. The van der Waals surface area contributed by atoms with Gasteiger partial charge in [0.15, 0.2) is 11.5 Å². The van der Waals surface area contributed by atoms with E-state index >= 15 is 0 Å². The van der Waals surface area contributed by atoms with Crippen molar-refractivity contribution in [2.75, 3.05) is 33.4 Å². The van der Waals surface area contributed by atoms with E-state index < -0.39 is 6.10 Å². The van der Waals surface area contributed by atoms with Gasteiger partial charge in [0.05, 0.1) is 7.11 Å². The summed E-state index contributed by atoms with van der Waals surface area (Å²) in [6, 6.07) is 15.5. The zero-order valence-corrected chi connectivity index (χ0v) is 15.8. The topological polar surface area (TPSA) is 60.0 Å². The Kier molecular flexibility index (Phi) is 8.25. The van der Waals surface area contributed by atoms with E-state index in [0.717, 1.165) is 11.3 Å². The van der Waals surface area contributed by atoms with Crippen LogP contribution in [0.15, 0.2) is 48.5 Å². The fourth-order valence-corrected chi connectivity index (χ4v) is 2.57. The third-order valence-corrected chi connectivity index (χ3v) is 3.96. The van der Waals surface area contributed by atoms with Crippen molar-refractivity contribution in [2.24, 2.45) is 0 Å². The van der Waals surface area contributed by atoms with Gasteiger partial charge in [-0.15, -0.1) is 0 Å². The molecular formula is C21H29NO4. The molecule has 0 heterocycles. The predicted octanol–water partition coefficient (Wildman–Crippen LogP) is 3.23. The van der Waals surface area contributed by atoms with Crippen LogP contribution >= 0.6 is 0 Å². The zero-order valence-electron chi connectivity index (χ0n) is 15.8. The summed E-state index contributed by atoms with van der Waals surface area (Å²) in [5.41, 5.74) is 1.15. The second-order valence-electron chi connectivity index (χ2n) is 6.36. The van der Waals surface area contributed by atoms with E-state index in [-0.39, 0.29) is 6.61 Å². The average molecular weight is 359 g/mol. The summed E-state index contributed by atoms with van der Waals surface area (Å²) in [5.74, 6) is 2.64. The molecule has 0 aliphatic rings. The maximum Gasteiger partial charge on any atom is 0.161 e. The predicted molar refractivity (Wildman–Crippen MR) is 103 cm³/mol. The molecule has 26 heavy (non-hydrogen) atoms. The van der Waals surface area contributed by atoms with Crippen molar-refractivity contribution >= 4 is 0 Å². The lowest BCUT2D eigenvalue weighted by Crippen LogP contribution is -2.33. The average Bonchev–Trinajstić information content (AvgIpc) is 2.66. The van der Waals surface area contributed by atoms with Crippen LogP contribution in [-0.4, -0.2) is 44.6 Å². The molecule has 0 aliphatic carbocycles. The summed E-state index contributed by atoms with van der Waals surface area (Å²) in [5, 5.41) is 13.3. The fraction of sp³-hybridized carbons (Fsp3) is 0.429. The normalized spacial score (nSPS) is 12.0. The molecule has 0 unspecified atom stereocenters. The molecule has 0 fully saturated rings. The lowest BCUT2D eigenvalue weighted by molar-refractivity contribution is 0.105. The van der Waals surface area contributed by atoms with Crippen LogP contribution in [0, 0.1) is 0 Å². The van der Waals surface area contributed by atoms with Gasteiger partial charge in [0.25, 0.3) is 0 Å². The first-order valence-corrected chi connectivity index (χ1v) is 8.98. The van der Waals surface area contributed by atoms with E-state index in [1.54, 1.807) is 7.11 Å². The zero-order chi connectivity index (χ0) is 18.8. The van der Waals surface area contributed by atoms with Crippen LogP contribution in [0.5, 0.6) is 17.2 Å². The highest BCUT2D eigenvalue weighted by Gasteiger charge is 2.10. The van der Waals surface area contributed by atoms with Gasteiger partial charge >= 0.3 is 0 Å². The number of hydrogen-bond donors (Lipinski definition) is 2. The van der Waals surface area contributed by atoms with Gasteiger partial charge < -0.3 is 24.6 Å². The molecule has 5 heteroatoms. The fourth-order valence-electron chi connectivity index (χ4n) is 2.57. The van der Waals surface area contributed by atoms with Crippen LogP contribution in [0.25, 0.3) is 0 Å². The molecule has 0 saturated heterocycles. The second-order valence-corrected chi connectivity index (χ2v) is 6.36. The van der Waals surface area contributed by atoms with E-state index in [1.165, 1.54) is 0 Å². The highest BCUT2D eigenvalue weighted by molar-refractivity contribution is 5.39. The maximum atomic E-state index is 10.1. The number of nitrogens with one attached hydrogen (secondary N) is 1. The first kappa shape index (κ1) is 20.1. The molecule has 1 atom stereocenters. The Morgan fingerprint density at radius 3 is 2.27 bits per heavy atom. The lowest BCUT2D eigenvalue weighted by atomic mass is 10.0. The van der Waals surface area contributed by atoms with E-state index in [4.69, 9.17) is 14.2 Å². The first-order chi connectivity index (χ1) is 12.6. The van der Waals surface area contributed by atoms with Crippen molar-refractivity contribution < 1.29 is 19.3 Å². The van der Waals surface area contributed by atoms with Crippen molar-refractivity contribution in [3.05, 3.63) is 54.1 Å². The SMILES string of the molecule is COc1ccccc1OCCNC[C@@H](O)COc1ccccc1C(C)C. The van der Waals surface area contributed by atoms with E-state index in [1.807, 2.05) is 42.5 Å². The van der Waals surface area contributed by atoms with Gasteiger partial charge in [-0.3, -0.25) is 0 Å². The van der Waals surface area contributed by atoms with Gasteiger partial charge in [-0.2, -0.15) is 0 Å². The molecule has 0 saturated carbocycles. The maximum absolute atomic E-state index is 10.1. The van der Waals surface area contributed by atoms with Gasteiger partial charge in [-0.25, -0.2) is 0 Å². The largest absolute Gasteiger partial charge is 0.493 e. The Balaban J connectivity index is 1.66. The number of aliphatic hydroxyl groups excluding tert-OH is 1. The van der Waals surface area contributed by atoms with E-state index in [9.17, 15) is 5.11 Å². The quantitative estimate of drug-likeness (QED) is 0.603. The highest BCUT2D eigenvalue weighted by atomic mass is 16.5. The Bertz CT molecular complexity index is 660. The Labute approximate surface area is 155 Å². The van der Waals surface area contributed by atoms with Crippen LogP contribution < -0.4 is 19.5 Å². The molecule has 2 aromatic carbocycles. The van der Waals surface area contributed by atoms with Crippen molar-refractivity contribution in [3.63, 3.8) is 0 Å². The first-order valence-electron chi connectivity index (χ1n) is 8.98. The summed E-state index contributed by atoms with van der Waals surface area (Å²) in [6.07, 6.45) is -0.582. The van der Waals surface area contributed by atoms with Crippen molar-refractivity contribution in [1.82, 2.24) is 5.32 Å². The molecule has 142 valence electrons. The number of methoxy groups -OCH3 is 1. The standard InChI is InChI=1S/C21H29NO4/c1-16(2)18-8-4-5-9-19(18)26-15-17(23)14-22-12-13-25-21-11-7-6-10-20(21)24-3/h4-11,16-17,22-23H,12-15H2,1-3H3/t17-/m1/s1. The van der Waals surface area contributed by atoms with Crippen LogP contribution in [0.1, 0.15) is 25.3 Å².